The minimum atomic E-state index is -0.663. The third kappa shape index (κ3) is 6.65. The van der Waals surface area contributed by atoms with Gasteiger partial charge >= 0.3 is 11.9 Å². The molecular weight excluding hydrogens is 336 g/mol. The molecule has 1 aromatic rings. The summed E-state index contributed by atoms with van der Waals surface area (Å²) in [5.74, 6) is -1.30. The highest BCUT2D eigenvalue weighted by molar-refractivity contribution is 5.89. The lowest BCUT2D eigenvalue weighted by molar-refractivity contribution is -0.164. The number of hydrogen-bond acceptors (Lipinski definition) is 9. The predicted molar refractivity (Wildman–Crippen MR) is 85.7 cm³/mol. The highest BCUT2D eigenvalue weighted by Gasteiger charge is 2.19. The van der Waals surface area contributed by atoms with Crippen LogP contribution in [0.3, 0.4) is 0 Å². The van der Waals surface area contributed by atoms with Crippen LogP contribution in [0.2, 0.25) is 0 Å². The molecule has 1 amide bonds. The summed E-state index contributed by atoms with van der Waals surface area (Å²) >= 11 is 0. The molecule has 0 bridgehead atoms. The second kappa shape index (κ2) is 10.1. The molecule has 0 spiro atoms. The number of nitrogens with zero attached hydrogens (tertiary/aromatic N) is 1. The quantitative estimate of drug-likeness (QED) is 0.504. The Balaban J connectivity index is 3.08. The molecule has 0 heterocycles. The van der Waals surface area contributed by atoms with E-state index in [9.17, 15) is 14.4 Å². The Hall–Kier alpha value is -2.85. The van der Waals surface area contributed by atoms with E-state index in [1.54, 1.807) is 12.1 Å². The molecule has 0 saturated carbocycles. The van der Waals surface area contributed by atoms with Crippen LogP contribution in [0.25, 0.3) is 0 Å². The first-order chi connectivity index (χ1) is 11.9. The number of methoxy groups -OCH3 is 3. The molecule has 0 aliphatic rings. The van der Waals surface area contributed by atoms with Gasteiger partial charge in [0.25, 0.3) is 0 Å². The summed E-state index contributed by atoms with van der Waals surface area (Å²) in [6, 6.07) is 4.63. The van der Waals surface area contributed by atoms with Gasteiger partial charge in [-0.3, -0.25) is 4.79 Å². The van der Waals surface area contributed by atoms with Gasteiger partial charge < -0.3 is 19.5 Å². The molecule has 1 rings (SSSR count). The topological polar surface area (TPSA) is 113 Å². The molecule has 0 unspecified atom stereocenters. The van der Waals surface area contributed by atoms with Gasteiger partial charge in [0.15, 0.2) is 13.2 Å². The van der Waals surface area contributed by atoms with E-state index >= 15 is 0 Å². The molecular formula is C15H20N2O8. The molecule has 10 nitrogen and oxygen atoms in total. The number of ether oxygens (including phenoxy) is 3. The van der Waals surface area contributed by atoms with Gasteiger partial charge in [-0.25, -0.2) is 19.3 Å². The van der Waals surface area contributed by atoms with Crippen molar-refractivity contribution < 1.29 is 38.3 Å². The number of amides is 1. The summed E-state index contributed by atoms with van der Waals surface area (Å²) in [6.45, 7) is 0.388. The number of benzene rings is 1. The number of carbonyl (C=O) groups is 3. The van der Waals surface area contributed by atoms with Crippen molar-refractivity contribution in [3.63, 3.8) is 0 Å². The molecule has 10 heteroatoms. The van der Waals surface area contributed by atoms with Gasteiger partial charge in [-0.2, -0.15) is 0 Å². The molecule has 0 aliphatic carbocycles. The highest BCUT2D eigenvalue weighted by atomic mass is 17.0. The second-order valence-electron chi connectivity index (χ2n) is 4.52. The van der Waals surface area contributed by atoms with Crippen LogP contribution in [-0.4, -0.2) is 52.4 Å². The van der Waals surface area contributed by atoms with Crippen LogP contribution >= 0.6 is 0 Å². The van der Waals surface area contributed by atoms with Crippen molar-refractivity contribution in [2.75, 3.05) is 45.1 Å². The molecule has 0 aliphatic heterocycles. The summed E-state index contributed by atoms with van der Waals surface area (Å²) in [4.78, 5) is 44.2. The Labute approximate surface area is 144 Å². The molecule has 0 aromatic heterocycles. The number of carbonyl (C=O) groups excluding carboxylic acids is 3. The maximum atomic E-state index is 11.3. The van der Waals surface area contributed by atoms with Crippen molar-refractivity contribution >= 4 is 29.2 Å². The maximum Gasteiger partial charge on any atom is 0.334 e. The van der Waals surface area contributed by atoms with E-state index in [0.717, 1.165) is 5.23 Å². The van der Waals surface area contributed by atoms with E-state index in [1.165, 1.54) is 34.3 Å². The SMILES string of the molecule is COC(=O)CON(OCC(=O)OC)c1cc(NC(C)=O)ccc1OC. The molecule has 0 fully saturated rings. The van der Waals surface area contributed by atoms with Crippen LogP contribution in [0.4, 0.5) is 11.4 Å². The molecule has 25 heavy (non-hydrogen) atoms. The van der Waals surface area contributed by atoms with Gasteiger partial charge in [0, 0.05) is 12.6 Å². The first-order valence-corrected chi connectivity index (χ1v) is 7.06. The lowest BCUT2D eigenvalue weighted by Gasteiger charge is -2.23. The number of esters is 2. The third-order valence-electron chi connectivity index (χ3n) is 2.75. The first-order valence-electron chi connectivity index (χ1n) is 7.06. The Morgan fingerprint density at radius 1 is 1.00 bits per heavy atom. The highest BCUT2D eigenvalue weighted by Crippen LogP contribution is 2.32. The smallest absolute Gasteiger partial charge is 0.334 e. The van der Waals surface area contributed by atoms with Crippen molar-refractivity contribution in [1.29, 1.82) is 0 Å². The van der Waals surface area contributed by atoms with Crippen molar-refractivity contribution in [3.05, 3.63) is 18.2 Å². The summed E-state index contributed by atoms with van der Waals surface area (Å²) in [6.07, 6.45) is 0. The fourth-order valence-corrected chi connectivity index (χ4v) is 1.63. The molecule has 1 aromatic carbocycles. The third-order valence-corrected chi connectivity index (χ3v) is 2.75. The monoisotopic (exact) mass is 356 g/mol. The number of anilines is 2. The maximum absolute atomic E-state index is 11.3. The number of nitrogens with one attached hydrogen (secondary N) is 1. The van der Waals surface area contributed by atoms with Crippen molar-refractivity contribution in [2.24, 2.45) is 0 Å². The molecule has 0 atom stereocenters. The van der Waals surface area contributed by atoms with Gasteiger partial charge in [-0.15, -0.1) is 5.23 Å². The molecule has 0 radical (unpaired) electrons. The van der Waals surface area contributed by atoms with Gasteiger partial charge in [0.05, 0.1) is 21.3 Å². The summed E-state index contributed by atoms with van der Waals surface area (Å²) in [7, 11) is 3.81. The van der Waals surface area contributed by atoms with Gasteiger partial charge in [-0.05, 0) is 18.2 Å². The second-order valence-corrected chi connectivity index (χ2v) is 4.52. The Kier molecular flexibility index (Phi) is 8.16. The zero-order valence-corrected chi connectivity index (χ0v) is 14.4. The molecule has 0 saturated heterocycles. The summed E-state index contributed by atoms with van der Waals surface area (Å²) < 4.78 is 14.2. The van der Waals surface area contributed by atoms with Gasteiger partial charge in [0.1, 0.15) is 11.4 Å². The summed E-state index contributed by atoms with van der Waals surface area (Å²) in [5.41, 5.74) is 0.637. The van der Waals surface area contributed by atoms with E-state index in [-0.39, 0.29) is 11.6 Å². The lowest BCUT2D eigenvalue weighted by Crippen LogP contribution is -2.30. The average Bonchev–Trinajstić information content (AvgIpc) is 2.60. The van der Waals surface area contributed by atoms with Crippen molar-refractivity contribution in [2.45, 2.75) is 6.92 Å². The predicted octanol–water partition coefficient (Wildman–Crippen LogP) is 0.669. The minimum absolute atomic E-state index is 0.210. The van der Waals surface area contributed by atoms with E-state index in [2.05, 4.69) is 14.8 Å². The van der Waals surface area contributed by atoms with E-state index < -0.39 is 25.2 Å². The standard InChI is InChI=1S/C15H20N2O8/c1-10(18)16-11-5-6-13(21-2)12(7-11)17(24-8-14(19)22-3)25-9-15(20)23-4/h5-7H,8-9H2,1-4H3,(H,16,18). The van der Waals surface area contributed by atoms with Gasteiger partial charge in [-0.1, -0.05) is 0 Å². The Morgan fingerprint density at radius 2 is 1.56 bits per heavy atom. The van der Waals surface area contributed by atoms with Crippen LogP contribution in [-0.2, 0) is 33.5 Å². The Morgan fingerprint density at radius 3 is 2.00 bits per heavy atom. The van der Waals surface area contributed by atoms with E-state index in [1.807, 2.05) is 0 Å². The average molecular weight is 356 g/mol. The lowest BCUT2D eigenvalue weighted by atomic mass is 10.2. The fourth-order valence-electron chi connectivity index (χ4n) is 1.63. The zero-order chi connectivity index (χ0) is 18.8. The summed E-state index contributed by atoms with van der Waals surface area (Å²) in [5, 5.41) is 3.41. The Bertz CT molecular complexity index is 600. The van der Waals surface area contributed by atoms with Crippen LogP contribution in [0.1, 0.15) is 6.92 Å². The fraction of sp³-hybridized carbons (Fsp3) is 0.400. The first kappa shape index (κ1) is 20.2. The van der Waals surface area contributed by atoms with Crippen LogP contribution in [0.15, 0.2) is 18.2 Å². The minimum Gasteiger partial charge on any atom is -0.494 e. The van der Waals surface area contributed by atoms with Crippen LogP contribution < -0.4 is 15.3 Å². The molecule has 1 N–H and O–H groups in total. The van der Waals surface area contributed by atoms with Gasteiger partial charge in [0.2, 0.25) is 5.91 Å². The van der Waals surface area contributed by atoms with Crippen molar-refractivity contribution in [1.82, 2.24) is 0 Å². The number of rotatable bonds is 9. The van der Waals surface area contributed by atoms with Crippen LogP contribution in [0, 0.1) is 0 Å². The largest absolute Gasteiger partial charge is 0.494 e. The number of hydrogen-bond donors (Lipinski definition) is 1. The van der Waals surface area contributed by atoms with Crippen LogP contribution in [0.5, 0.6) is 5.75 Å². The van der Waals surface area contributed by atoms with E-state index in [4.69, 9.17) is 14.4 Å². The molecule has 138 valence electrons. The van der Waals surface area contributed by atoms with Crippen molar-refractivity contribution in [3.8, 4) is 5.75 Å². The zero-order valence-electron chi connectivity index (χ0n) is 14.4. The normalized spacial score (nSPS) is 9.92. The van der Waals surface area contributed by atoms with E-state index in [0.29, 0.717) is 11.4 Å².